The Morgan fingerprint density at radius 2 is 2.00 bits per heavy atom. The average Bonchev–Trinajstić information content (AvgIpc) is 2.57. The van der Waals surface area contributed by atoms with Crippen LogP contribution >= 0.6 is 0 Å². The minimum Gasteiger partial charge on any atom is -0.379 e. The predicted octanol–water partition coefficient (Wildman–Crippen LogP) is 0.913. The summed E-state index contributed by atoms with van der Waals surface area (Å²) in [5, 5.41) is 0. The fraction of sp³-hybridized carbons (Fsp3) is 0.667. The van der Waals surface area contributed by atoms with Crippen LogP contribution in [0.3, 0.4) is 0 Å². The monoisotopic (exact) mass is 325 g/mol. The minimum absolute atomic E-state index is 0.347. The van der Waals surface area contributed by atoms with Gasteiger partial charge in [0.2, 0.25) is 0 Å². The van der Waals surface area contributed by atoms with Crippen LogP contribution in [0.25, 0.3) is 0 Å². The Bertz CT molecular complexity index is 573. The van der Waals surface area contributed by atoms with E-state index in [1.165, 1.54) is 0 Å². The van der Waals surface area contributed by atoms with Gasteiger partial charge in [0, 0.05) is 38.1 Å². The van der Waals surface area contributed by atoms with E-state index in [4.69, 9.17) is 4.74 Å². The summed E-state index contributed by atoms with van der Waals surface area (Å²) in [5.41, 5.74) is 1.04. The first-order valence-corrected chi connectivity index (χ1v) is 9.29. The Hall–Kier alpha value is -1.02. The van der Waals surface area contributed by atoms with Crippen molar-refractivity contribution in [2.24, 2.45) is 5.92 Å². The van der Waals surface area contributed by atoms with Gasteiger partial charge in [-0.25, -0.2) is 0 Å². The summed E-state index contributed by atoms with van der Waals surface area (Å²) in [6, 6.07) is 5.89. The average molecular weight is 325 g/mol. The lowest BCUT2D eigenvalue weighted by molar-refractivity contribution is 0.0691. The number of nitrogens with zero attached hydrogens (tertiary/aromatic N) is 3. The lowest BCUT2D eigenvalue weighted by Gasteiger charge is -2.36. The first-order valence-electron chi connectivity index (χ1n) is 7.89. The number of hydrogen-bond acceptors (Lipinski definition) is 4. The molecule has 6 nitrogen and oxygen atoms in total. The molecule has 0 N–H and O–H groups in total. The highest BCUT2D eigenvalue weighted by molar-refractivity contribution is 7.86. The van der Waals surface area contributed by atoms with Crippen molar-refractivity contribution in [2.75, 3.05) is 39.4 Å². The van der Waals surface area contributed by atoms with E-state index in [0.717, 1.165) is 25.0 Å². The van der Waals surface area contributed by atoms with Crippen molar-refractivity contribution in [3.05, 3.63) is 30.1 Å². The first kappa shape index (κ1) is 15.9. The molecule has 2 aliphatic heterocycles. The zero-order chi connectivity index (χ0) is 15.4. The van der Waals surface area contributed by atoms with Gasteiger partial charge in [0.15, 0.2) is 0 Å². The lowest BCUT2D eigenvalue weighted by Crippen LogP contribution is -2.51. The van der Waals surface area contributed by atoms with E-state index in [-0.39, 0.29) is 0 Å². The molecule has 0 aromatic carbocycles. The summed E-state index contributed by atoms with van der Waals surface area (Å²) >= 11 is 0. The van der Waals surface area contributed by atoms with E-state index in [2.05, 4.69) is 4.98 Å². The molecule has 1 aromatic rings. The predicted molar refractivity (Wildman–Crippen MR) is 83.5 cm³/mol. The number of rotatable bonds is 4. The molecule has 2 fully saturated rings. The molecule has 0 aliphatic carbocycles. The fourth-order valence-electron chi connectivity index (χ4n) is 3.16. The van der Waals surface area contributed by atoms with Crippen LogP contribution in [0.4, 0.5) is 0 Å². The summed E-state index contributed by atoms with van der Waals surface area (Å²) in [6.45, 7) is 3.12. The molecule has 22 heavy (non-hydrogen) atoms. The summed E-state index contributed by atoms with van der Waals surface area (Å²) in [4.78, 5) is 4.35. The molecule has 0 bridgehead atoms. The summed E-state index contributed by atoms with van der Waals surface area (Å²) < 4.78 is 33.9. The van der Waals surface area contributed by atoms with Crippen LogP contribution in [0.2, 0.25) is 0 Å². The van der Waals surface area contributed by atoms with Crippen LogP contribution in [0.1, 0.15) is 18.5 Å². The number of morpholine rings is 1. The molecule has 122 valence electrons. The summed E-state index contributed by atoms with van der Waals surface area (Å²) in [7, 11) is -3.34. The van der Waals surface area contributed by atoms with Crippen molar-refractivity contribution in [3.8, 4) is 0 Å². The summed E-state index contributed by atoms with van der Waals surface area (Å²) in [6.07, 6.45) is 4.61. The highest BCUT2D eigenvalue weighted by Crippen LogP contribution is 2.24. The first-order chi connectivity index (χ1) is 10.7. The number of piperidine rings is 1. The van der Waals surface area contributed by atoms with Crippen molar-refractivity contribution in [1.82, 2.24) is 13.6 Å². The van der Waals surface area contributed by atoms with Gasteiger partial charge < -0.3 is 4.74 Å². The number of pyridine rings is 1. The van der Waals surface area contributed by atoms with Crippen molar-refractivity contribution in [3.63, 3.8) is 0 Å². The minimum atomic E-state index is -3.34. The molecule has 0 spiro atoms. The maximum absolute atomic E-state index is 12.7. The Kier molecular flexibility index (Phi) is 5.07. The second-order valence-corrected chi connectivity index (χ2v) is 7.84. The van der Waals surface area contributed by atoms with E-state index in [9.17, 15) is 8.42 Å². The van der Waals surface area contributed by atoms with Crippen LogP contribution in [0, 0.1) is 5.92 Å². The topological polar surface area (TPSA) is 62.7 Å². The van der Waals surface area contributed by atoms with Gasteiger partial charge in [-0.1, -0.05) is 6.07 Å². The summed E-state index contributed by atoms with van der Waals surface area (Å²) in [5.74, 6) is 0.347. The van der Waals surface area contributed by atoms with Gasteiger partial charge in [0.25, 0.3) is 10.2 Å². The number of ether oxygens (including phenoxy) is 1. The largest absolute Gasteiger partial charge is 0.379 e. The third-order valence-electron chi connectivity index (χ3n) is 4.33. The molecule has 0 amide bonds. The van der Waals surface area contributed by atoms with Crippen molar-refractivity contribution in [1.29, 1.82) is 0 Å². The van der Waals surface area contributed by atoms with E-state index >= 15 is 0 Å². The van der Waals surface area contributed by atoms with Gasteiger partial charge >= 0.3 is 0 Å². The standard InChI is InChI=1S/C15H23N3O3S/c19-22(20,17-8-10-21-11-9-17)18-7-3-4-14(13-18)12-15-5-1-2-6-16-15/h1-2,5-6,14H,3-4,7-13H2/t14-/m0/s1. The molecule has 0 saturated carbocycles. The van der Waals surface area contributed by atoms with Crippen LogP contribution in [0.15, 0.2) is 24.4 Å². The number of aromatic nitrogens is 1. The maximum atomic E-state index is 12.7. The molecular formula is C15H23N3O3S. The zero-order valence-corrected chi connectivity index (χ0v) is 13.5. The Morgan fingerprint density at radius 3 is 2.73 bits per heavy atom. The normalized spacial score (nSPS) is 25.2. The Balaban J connectivity index is 1.64. The molecule has 2 aliphatic rings. The molecule has 0 unspecified atom stereocenters. The highest BCUT2D eigenvalue weighted by Gasteiger charge is 2.34. The van der Waals surface area contributed by atoms with E-state index in [0.29, 0.717) is 45.3 Å². The van der Waals surface area contributed by atoms with E-state index in [1.54, 1.807) is 14.8 Å². The van der Waals surface area contributed by atoms with Gasteiger partial charge in [0.05, 0.1) is 13.2 Å². The van der Waals surface area contributed by atoms with Crippen LogP contribution in [0.5, 0.6) is 0 Å². The molecule has 2 saturated heterocycles. The van der Waals surface area contributed by atoms with Crippen LogP contribution in [-0.4, -0.2) is 61.4 Å². The second-order valence-electron chi connectivity index (χ2n) is 5.91. The van der Waals surface area contributed by atoms with Gasteiger partial charge in [0.1, 0.15) is 0 Å². The Labute approximate surface area is 132 Å². The van der Waals surface area contributed by atoms with Gasteiger partial charge in [-0.2, -0.15) is 17.0 Å². The molecule has 3 heterocycles. The second kappa shape index (κ2) is 7.04. The smallest absolute Gasteiger partial charge is 0.282 e. The number of hydrogen-bond donors (Lipinski definition) is 0. The van der Waals surface area contributed by atoms with Crippen molar-refractivity contribution < 1.29 is 13.2 Å². The van der Waals surface area contributed by atoms with Gasteiger partial charge in [-0.05, 0) is 37.3 Å². The maximum Gasteiger partial charge on any atom is 0.282 e. The lowest BCUT2D eigenvalue weighted by atomic mass is 9.94. The van der Waals surface area contributed by atoms with Gasteiger partial charge in [-0.15, -0.1) is 0 Å². The Morgan fingerprint density at radius 1 is 1.18 bits per heavy atom. The molecule has 1 atom stereocenters. The third-order valence-corrected chi connectivity index (χ3v) is 6.33. The molecule has 7 heteroatoms. The van der Waals surface area contributed by atoms with Crippen molar-refractivity contribution >= 4 is 10.2 Å². The third kappa shape index (κ3) is 3.65. The molecule has 3 rings (SSSR count). The molecule has 1 aromatic heterocycles. The molecular weight excluding hydrogens is 302 g/mol. The zero-order valence-electron chi connectivity index (χ0n) is 12.7. The molecule has 0 radical (unpaired) electrons. The fourth-order valence-corrected chi connectivity index (χ4v) is 4.85. The van der Waals surface area contributed by atoms with Crippen molar-refractivity contribution in [2.45, 2.75) is 19.3 Å². The highest BCUT2D eigenvalue weighted by atomic mass is 32.2. The SMILES string of the molecule is O=S(=O)(N1CCOCC1)N1CCC[C@@H](Cc2ccccn2)C1. The van der Waals surface area contributed by atoms with E-state index in [1.807, 2.05) is 18.2 Å². The van der Waals surface area contributed by atoms with Crippen LogP contribution < -0.4 is 0 Å². The quantitative estimate of drug-likeness (QED) is 0.826. The van der Waals surface area contributed by atoms with E-state index < -0.39 is 10.2 Å². The van der Waals surface area contributed by atoms with Crippen LogP contribution in [-0.2, 0) is 21.4 Å². The van der Waals surface area contributed by atoms with Gasteiger partial charge in [-0.3, -0.25) is 4.98 Å².